The molecule has 0 aliphatic heterocycles. The fraction of sp³-hybridized carbons (Fsp3) is 0.0588. The number of nitro benzene ring substituents is 1. The van der Waals surface area contributed by atoms with Gasteiger partial charge >= 0.3 is 6.09 Å². The Bertz CT molecular complexity index is 857. The molecule has 7 nitrogen and oxygen atoms in total. The average Bonchev–Trinajstić information content (AvgIpc) is 3.11. The monoisotopic (exact) mass is 323 g/mol. The summed E-state index contributed by atoms with van der Waals surface area (Å²) in [5.41, 5.74) is 2.50. The van der Waals surface area contributed by atoms with Crippen LogP contribution in [0.1, 0.15) is 5.56 Å². The molecule has 2 heterocycles. The Balaban J connectivity index is 1.63. The summed E-state index contributed by atoms with van der Waals surface area (Å²) in [7, 11) is 0. The summed E-state index contributed by atoms with van der Waals surface area (Å²) in [6.07, 6.45) is 6.13. The normalized spacial score (nSPS) is 10.3. The van der Waals surface area contributed by atoms with Crippen LogP contribution < -0.4 is 0 Å². The van der Waals surface area contributed by atoms with E-state index in [9.17, 15) is 14.9 Å². The first-order valence-corrected chi connectivity index (χ1v) is 7.12. The quantitative estimate of drug-likeness (QED) is 0.540. The highest BCUT2D eigenvalue weighted by Crippen LogP contribution is 2.19. The largest absolute Gasteiger partial charge is 0.444 e. The molecule has 7 heteroatoms. The third-order valence-electron chi connectivity index (χ3n) is 3.43. The molecule has 3 rings (SSSR count). The van der Waals surface area contributed by atoms with E-state index in [1.807, 2.05) is 18.2 Å². The summed E-state index contributed by atoms with van der Waals surface area (Å²) in [6.45, 7) is 0.0413. The fourth-order valence-corrected chi connectivity index (χ4v) is 2.16. The molecule has 0 bridgehead atoms. The van der Waals surface area contributed by atoms with Crippen LogP contribution in [-0.2, 0) is 11.3 Å². The smallest absolute Gasteiger partial charge is 0.418 e. The number of rotatable bonds is 4. The number of pyridine rings is 1. The van der Waals surface area contributed by atoms with Crippen molar-refractivity contribution in [2.45, 2.75) is 6.61 Å². The number of non-ortho nitro benzene ring substituents is 1. The van der Waals surface area contributed by atoms with Gasteiger partial charge in [0.15, 0.2) is 0 Å². The van der Waals surface area contributed by atoms with Crippen molar-refractivity contribution in [3.8, 4) is 11.1 Å². The van der Waals surface area contributed by atoms with E-state index in [2.05, 4.69) is 4.98 Å². The molecule has 0 atom stereocenters. The van der Waals surface area contributed by atoms with E-state index in [0.717, 1.165) is 11.1 Å². The molecule has 3 aromatic rings. The Morgan fingerprint density at radius 2 is 1.79 bits per heavy atom. The zero-order valence-corrected chi connectivity index (χ0v) is 12.5. The predicted molar refractivity (Wildman–Crippen MR) is 86.3 cm³/mol. The summed E-state index contributed by atoms with van der Waals surface area (Å²) in [4.78, 5) is 26.1. The van der Waals surface area contributed by atoms with E-state index in [1.54, 1.807) is 36.9 Å². The van der Waals surface area contributed by atoms with Crippen LogP contribution in [0, 0.1) is 10.1 Å². The van der Waals surface area contributed by atoms with Crippen LogP contribution in [0.5, 0.6) is 0 Å². The second-order valence-electron chi connectivity index (χ2n) is 5.02. The van der Waals surface area contributed by atoms with Crippen LogP contribution in [0.3, 0.4) is 0 Å². The number of nitrogens with zero attached hydrogens (tertiary/aromatic N) is 3. The first-order chi connectivity index (χ1) is 11.6. The van der Waals surface area contributed by atoms with Gasteiger partial charge in [0.05, 0.1) is 4.92 Å². The lowest BCUT2D eigenvalue weighted by Crippen LogP contribution is -2.11. The molecule has 24 heavy (non-hydrogen) atoms. The standard InChI is InChI=1S/C17H13N3O4/c21-17(24-12-13-1-3-16(4-2-13)20(22)23)19-10-7-15(11-19)14-5-8-18-9-6-14/h1-11H,12H2. The minimum atomic E-state index is -0.520. The molecule has 0 fully saturated rings. The van der Waals surface area contributed by atoms with Crippen molar-refractivity contribution in [3.05, 3.63) is 82.9 Å². The minimum absolute atomic E-state index is 0.00233. The number of benzene rings is 1. The minimum Gasteiger partial charge on any atom is -0.444 e. The van der Waals surface area contributed by atoms with E-state index >= 15 is 0 Å². The Labute approximate surface area is 137 Å². The maximum absolute atomic E-state index is 12.1. The maximum Gasteiger partial charge on any atom is 0.418 e. The zero-order valence-electron chi connectivity index (χ0n) is 12.5. The van der Waals surface area contributed by atoms with Crippen LogP contribution in [0.4, 0.5) is 10.5 Å². The summed E-state index contributed by atoms with van der Waals surface area (Å²) >= 11 is 0. The van der Waals surface area contributed by atoms with E-state index in [4.69, 9.17) is 4.74 Å². The van der Waals surface area contributed by atoms with Crippen molar-refractivity contribution >= 4 is 11.8 Å². The van der Waals surface area contributed by atoms with Crippen molar-refractivity contribution in [1.29, 1.82) is 0 Å². The molecule has 0 radical (unpaired) electrons. The lowest BCUT2D eigenvalue weighted by atomic mass is 10.1. The van der Waals surface area contributed by atoms with Crippen molar-refractivity contribution in [2.24, 2.45) is 0 Å². The molecule has 0 amide bonds. The van der Waals surface area contributed by atoms with Gasteiger partial charge in [0.25, 0.3) is 5.69 Å². The zero-order chi connectivity index (χ0) is 16.9. The molecule has 1 aromatic carbocycles. The second kappa shape index (κ2) is 6.74. The van der Waals surface area contributed by atoms with E-state index < -0.39 is 11.0 Å². The molecular formula is C17H13N3O4. The summed E-state index contributed by atoms with van der Waals surface area (Å²) in [5, 5.41) is 10.6. The highest BCUT2D eigenvalue weighted by molar-refractivity contribution is 5.74. The van der Waals surface area contributed by atoms with E-state index in [-0.39, 0.29) is 12.3 Å². The number of hydrogen-bond acceptors (Lipinski definition) is 5. The van der Waals surface area contributed by atoms with E-state index in [1.165, 1.54) is 16.7 Å². The van der Waals surface area contributed by atoms with Crippen LogP contribution in [-0.4, -0.2) is 20.6 Å². The molecule has 0 aliphatic carbocycles. The van der Waals surface area contributed by atoms with Gasteiger partial charge in [-0.15, -0.1) is 0 Å². The van der Waals surface area contributed by atoms with Crippen molar-refractivity contribution in [1.82, 2.24) is 9.55 Å². The molecule has 0 unspecified atom stereocenters. The topological polar surface area (TPSA) is 87.3 Å². The molecule has 0 saturated carbocycles. The molecule has 2 aromatic heterocycles. The summed E-state index contributed by atoms with van der Waals surface area (Å²) < 4.78 is 6.55. The summed E-state index contributed by atoms with van der Waals surface area (Å²) in [5.74, 6) is 0. The first kappa shape index (κ1) is 15.4. The fourth-order valence-electron chi connectivity index (χ4n) is 2.16. The van der Waals surface area contributed by atoms with E-state index in [0.29, 0.717) is 5.56 Å². The molecular weight excluding hydrogens is 310 g/mol. The van der Waals surface area contributed by atoms with Crippen molar-refractivity contribution in [3.63, 3.8) is 0 Å². The van der Waals surface area contributed by atoms with Gasteiger partial charge in [-0.2, -0.15) is 0 Å². The number of aromatic nitrogens is 2. The lowest BCUT2D eigenvalue weighted by Gasteiger charge is -2.05. The van der Waals surface area contributed by atoms with Crippen LogP contribution >= 0.6 is 0 Å². The second-order valence-corrected chi connectivity index (χ2v) is 5.02. The van der Waals surface area contributed by atoms with Gasteiger partial charge in [0, 0.05) is 42.5 Å². The SMILES string of the molecule is O=C(OCc1ccc([N+](=O)[O-])cc1)n1ccc(-c2ccncc2)c1. The van der Waals surface area contributed by atoms with Gasteiger partial charge in [-0.25, -0.2) is 4.79 Å². The van der Waals surface area contributed by atoms with Gasteiger partial charge < -0.3 is 4.74 Å². The predicted octanol–water partition coefficient (Wildman–Crippen LogP) is 3.64. The van der Waals surface area contributed by atoms with Crippen molar-refractivity contribution in [2.75, 3.05) is 0 Å². The Morgan fingerprint density at radius 3 is 2.46 bits per heavy atom. The molecule has 0 spiro atoms. The Kier molecular flexibility index (Phi) is 4.33. The Morgan fingerprint density at radius 1 is 1.08 bits per heavy atom. The molecule has 0 N–H and O–H groups in total. The molecule has 0 aliphatic rings. The number of carbonyl (C=O) groups excluding carboxylic acids is 1. The third kappa shape index (κ3) is 3.46. The van der Waals surface area contributed by atoms with Crippen LogP contribution in [0.25, 0.3) is 11.1 Å². The van der Waals surface area contributed by atoms with Gasteiger partial charge in [-0.05, 0) is 41.5 Å². The number of carbonyl (C=O) groups is 1. The maximum atomic E-state index is 12.1. The van der Waals surface area contributed by atoms with Gasteiger partial charge in [-0.3, -0.25) is 19.7 Å². The lowest BCUT2D eigenvalue weighted by molar-refractivity contribution is -0.384. The number of hydrogen-bond donors (Lipinski definition) is 0. The summed E-state index contributed by atoms with van der Waals surface area (Å²) in [6, 6.07) is 11.4. The van der Waals surface area contributed by atoms with Crippen molar-refractivity contribution < 1.29 is 14.5 Å². The number of ether oxygens (including phenoxy) is 1. The molecule has 120 valence electrons. The van der Waals surface area contributed by atoms with Crippen LogP contribution in [0.15, 0.2) is 67.3 Å². The molecule has 0 saturated heterocycles. The first-order valence-electron chi connectivity index (χ1n) is 7.12. The van der Waals surface area contributed by atoms with Gasteiger partial charge in [-0.1, -0.05) is 0 Å². The average molecular weight is 323 g/mol. The van der Waals surface area contributed by atoms with Crippen LogP contribution in [0.2, 0.25) is 0 Å². The Hall–Kier alpha value is -3.48. The highest BCUT2D eigenvalue weighted by Gasteiger charge is 2.09. The van der Waals surface area contributed by atoms with Gasteiger partial charge in [0.1, 0.15) is 6.61 Å². The number of nitro groups is 1. The highest BCUT2D eigenvalue weighted by atomic mass is 16.6. The third-order valence-corrected chi connectivity index (χ3v) is 3.43. The van der Waals surface area contributed by atoms with Gasteiger partial charge in [0.2, 0.25) is 0 Å².